The highest BCUT2D eigenvalue weighted by molar-refractivity contribution is 5.93. The van der Waals surface area contributed by atoms with Crippen LogP contribution in [0.1, 0.15) is 44.6 Å². The summed E-state index contributed by atoms with van der Waals surface area (Å²) >= 11 is 0. The fourth-order valence-corrected chi connectivity index (χ4v) is 1.91. The lowest BCUT2D eigenvalue weighted by molar-refractivity contribution is 0.0740. The van der Waals surface area contributed by atoms with Gasteiger partial charge in [-0.2, -0.15) is 0 Å². The molecule has 1 heterocycles. The van der Waals surface area contributed by atoms with Crippen molar-refractivity contribution >= 4 is 11.6 Å². The van der Waals surface area contributed by atoms with E-state index < -0.39 is 0 Å². The lowest BCUT2D eigenvalue weighted by Crippen LogP contribution is -2.34. The molecule has 0 fully saturated rings. The summed E-state index contributed by atoms with van der Waals surface area (Å²) in [5.41, 5.74) is 1.53. The van der Waals surface area contributed by atoms with Crippen LogP contribution in [0.3, 0.4) is 0 Å². The van der Waals surface area contributed by atoms with Gasteiger partial charge < -0.3 is 10.2 Å². The Labute approximate surface area is 116 Å². The average molecular weight is 263 g/mol. The number of nitrogens with one attached hydrogen (secondary N) is 1. The maximum absolute atomic E-state index is 12.3. The van der Waals surface area contributed by atoms with Crippen molar-refractivity contribution in [2.75, 3.05) is 25.5 Å². The van der Waals surface area contributed by atoms with Gasteiger partial charge in [-0.15, -0.1) is 0 Å². The maximum atomic E-state index is 12.3. The van der Waals surface area contributed by atoms with Crippen LogP contribution in [0.25, 0.3) is 0 Å². The number of hydrogen-bond donors (Lipinski definition) is 1. The van der Waals surface area contributed by atoms with E-state index in [1.165, 1.54) is 0 Å². The van der Waals surface area contributed by atoms with Crippen molar-refractivity contribution in [1.29, 1.82) is 0 Å². The van der Waals surface area contributed by atoms with Gasteiger partial charge in [0, 0.05) is 32.0 Å². The third-order valence-electron chi connectivity index (χ3n) is 2.62. The summed E-state index contributed by atoms with van der Waals surface area (Å²) in [6.45, 7) is 10.1. The summed E-state index contributed by atoms with van der Waals surface area (Å²) in [5, 5.41) is 3.27. The molecule has 0 saturated heterocycles. The second-order valence-corrected chi connectivity index (χ2v) is 6.08. The molecule has 4 nitrogen and oxygen atoms in total. The lowest BCUT2D eigenvalue weighted by Gasteiger charge is -2.26. The van der Waals surface area contributed by atoms with Gasteiger partial charge in [-0.25, -0.2) is 0 Å². The van der Waals surface area contributed by atoms with Gasteiger partial charge in [0.1, 0.15) is 5.69 Å². The minimum Gasteiger partial charge on any atom is -0.385 e. The summed E-state index contributed by atoms with van der Waals surface area (Å²) in [7, 11) is 1.82. The number of carbonyl (C=O) groups excluding carboxylic acids is 1. The van der Waals surface area contributed by atoms with E-state index in [-0.39, 0.29) is 11.3 Å². The number of anilines is 1. The standard InChI is InChI=1S/C15H25N3O/c1-6-8-16-12-7-9-17-13(10-12)14(19)18(5)11-15(2,3)4/h7,9-10H,6,8,11H2,1-5H3,(H,16,17). The Morgan fingerprint density at radius 2 is 2.11 bits per heavy atom. The number of nitrogens with zero attached hydrogens (tertiary/aromatic N) is 2. The van der Waals surface area contributed by atoms with Gasteiger partial charge in [0.05, 0.1) is 0 Å². The minimum atomic E-state index is -0.0323. The molecule has 106 valence electrons. The van der Waals surface area contributed by atoms with Crippen molar-refractivity contribution < 1.29 is 4.79 Å². The molecule has 0 aliphatic heterocycles. The minimum absolute atomic E-state index is 0.0323. The Morgan fingerprint density at radius 3 is 2.68 bits per heavy atom. The van der Waals surface area contributed by atoms with E-state index in [1.807, 2.05) is 19.2 Å². The lowest BCUT2D eigenvalue weighted by atomic mass is 9.96. The van der Waals surface area contributed by atoms with E-state index in [4.69, 9.17) is 0 Å². The summed E-state index contributed by atoms with van der Waals surface area (Å²) in [4.78, 5) is 18.2. The van der Waals surface area contributed by atoms with E-state index in [9.17, 15) is 4.79 Å². The summed E-state index contributed by atoms with van der Waals surface area (Å²) < 4.78 is 0. The molecule has 0 aliphatic rings. The third kappa shape index (κ3) is 5.28. The van der Waals surface area contributed by atoms with Crippen molar-refractivity contribution in [2.45, 2.75) is 34.1 Å². The predicted octanol–water partition coefficient (Wildman–Crippen LogP) is 3.02. The van der Waals surface area contributed by atoms with Gasteiger partial charge in [-0.3, -0.25) is 9.78 Å². The summed E-state index contributed by atoms with van der Waals surface area (Å²) in [5.74, 6) is -0.0323. The highest BCUT2D eigenvalue weighted by Gasteiger charge is 2.19. The number of rotatable bonds is 5. The molecule has 19 heavy (non-hydrogen) atoms. The number of amides is 1. The normalized spacial score (nSPS) is 11.2. The summed E-state index contributed by atoms with van der Waals surface area (Å²) in [6.07, 6.45) is 2.73. The SMILES string of the molecule is CCCNc1ccnc(C(=O)N(C)CC(C)(C)C)c1. The van der Waals surface area contributed by atoms with Crippen molar-refractivity contribution in [2.24, 2.45) is 5.41 Å². The molecule has 0 unspecified atom stereocenters. The Balaban J connectivity index is 2.76. The zero-order chi connectivity index (χ0) is 14.5. The van der Waals surface area contributed by atoms with E-state index >= 15 is 0 Å². The Bertz CT molecular complexity index is 424. The summed E-state index contributed by atoms with van der Waals surface area (Å²) in [6, 6.07) is 3.70. The smallest absolute Gasteiger partial charge is 0.272 e. The van der Waals surface area contributed by atoms with E-state index in [0.29, 0.717) is 12.2 Å². The molecule has 1 aromatic rings. The first-order valence-electron chi connectivity index (χ1n) is 6.79. The fraction of sp³-hybridized carbons (Fsp3) is 0.600. The van der Waals surface area contributed by atoms with E-state index in [2.05, 4.69) is 38.0 Å². The van der Waals surface area contributed by atoms with Crippen LogP contribution in [0.4, 0.5) is 5.69 Å². The molecule has 0 aliphatic carbocycles. The van der Waals surface area contributed by atoms with Crippen LogP contribution in [-0.4, -0.2) is 35.9 Å². The highest BCUT2D eigenvalue weighted by atomic mass is 16.2. The first-order valence-corrected chi connectivity index (χ1v) is 6.79. The van der Waals surface area contributed by atoms with Gasteiger partial charge in [-0.05, 0) is 24.0 Å². The van der Waals surface area contributed by atoms with Crippen molar-refractivity contribution in [3.05, 3.63) is 24.0 Å². The zero-order valence-corrected chi connectivity index (χ0v) is 12.7. The quantitative estimate of drug-likeness (QED) is 0.888. The van der Waals surface area contributed by atoms with Gasteiger partial charge >= 0.3 is 0 Å². The Hall–Kier alpha value is -1.58. The number of pyridine rings is 1. The van der Waals surface area contributed by atoms with Crippen LogP contribution in [-0.2, 0) is 0 Å². The third-order valence-corrected chi connectivity index (χ3v) is 2.62. The first kappa shape index (κ1) is 15.5. The fourth-order valence-electron chi connectivity index (χ4n) is 1.91. The predicted molar refractivity (Wildman–Crippen MR) is 79.4 cm³/mol. The van der Waals surface area contributed by atoms with Crippen LogP contribution in [0.5, 0.6) is 0 Å². The number of hydrogen-bond acceptors (Lipinski definition) is 3. The molecule has 0 aromatic carbocycles. The van der Waals surface area contributed by atoms with Crippen LogP contribution >= 0.6 is 0 Å². The number of carbonyl (C=O) groups is 1. The molecule has 0 spiro atoms. The van der Waals surface area contributed by atoms with Crippen LogP contribution in [0.15, 0.2) is 18.3 Å². The molecule has 1 aromatic heterocycles. The zero-order valence-electron chi connectivity index (χ0n) is 12.7. The molecule has 1 amide bonds. The molecular formula is C15H25N3O. The second-order valence-electron chi connectivity index (χ2n) is 6.08. The molecular weight excluding hydrogens is 238 g/mol. The largest absolute Gasteiger partial charge is 0.385 e. The van der Waals surface area contributed by atoms with Crippen LogP contribution in [0.2, 0.25) is 0 Å². The van der Waals surface area contributed by atoms with Gasteiger partial charge in [0.2, 0.25) is 0 Å². The molecule has 0 bridgehead atoms. The van der Waals surface area contributed by atoms with Crippen molar-refractivity contribution in [3.63, 3.8) is 0 Å². The van der Waals surface area contributed by atoms with Gasteiger partial charge in [-0.1, -0.05) is 27.7 Å². The molecule has 0 radical (unpaired) electrons. The van der Waals surface area contributed by atoms with Crippen molar-refractivity contribution in [3.8, 4) is 0 Å². The Morgan fingerprint density at radius 1 is 1.42 bits per heavy atom. The number of aromatic nitrogens is 1. The molecule has 1 N–H and O–H groups in total. The molecule has 0 saturated carbocycles. The maximum Gasteiger partial charge on any atom is 0.272 e. The second kappa shape index (κ2) is 6.55. The van der Waals surface area contributed by atoms with Crippen molar-refractivity contribution in [1.82, 2.24) is 9.88 Å². The van der Waals surface area contributed by atoms with Gasteiger partial charge in [0.25, 0.3) is 5.91 Å². The van der Waals surface area contributed by atoms with E-state index in [1.54, 1.807) is 11.1 Å². The van der Waals surface area contributed by atoms with Gasteiger partial charge in [0.15, 0.2) is 0 Å². The topological polar surface area (TPSA) is 45.2 Å². The Kier molecular flexibility index (Phi) is 5.33. The first-order chi connectivity index (χ1) is 8.83. The molecule has 1 rings (SSSR count). The highest BCUT2D eigenvalue weighted by Crippen LogP contribution is 2.16. The molecule has 4 heteroatoms. The van der Waals surface area contributed by atoms with Crippen LogP contribution < -0.4 is 5.32 Å². The monoisotopic (exact) mass is 263 g/mol. The average Bonchev–Trinajstić information content (AvgIpc) is 2.33. The van der Waals surface area contributed by atoms with Crippen LogP contribution in [0, 0.1) is 5.41 Å². The van der Waals surface area contributed by atoms with E-state index in [0.717, 1.165) is 18.7 Å². The molecule has 0 atom stereocenters.